The summed E-state index contributed by atoms with van der Waals surface area (Å²) < 4.78 is 0. The van der Waals surface area contributed by atoms with Crippen molar-refractivity contribution in [1.29, 1.82) is 0 Å². The van der Waals surface area contributed by atoms with E-state index in [0.29, 0.717) is 11.8 Å². The summed E-state index contributed by atoms with van der Waals surface area (Å²) in [4.78, 5) is 15.5. The predicted molar refractivity (Wildman–Crippen MR) is 87.8 cm³/mol. The van der Waals surface area contributed by atoms with Crippen LogP contribution in [0.1, 0.15) is 12.5 Å². The topological polar surface area (TPSA) is 32.3 Å². The number of carbonyl (C=O) groups is 1. The molecule has 1 aliphatic rings. The van der Waals surface area contributed by atoms with E-state index in [4.69, 9.17) is 0 Å². The summed E-state index contributed by atoms with van der Waals surface area (Å²) in [7, 11) is 0. The van der Waals surface area contributed by atoms with Gasteiger partial charge in [-0.1, -0.05) is 49.4 Å². The molecule has 1 aliphatic heterocycles. The highest BCUT2D eigenvalue weighted by Crippen LogP contribution is 2.37. The Morgan fingerprint density at radius 1 is 1.19 bits per heavy atom. The minimum absolute atomic E-state index is 0.0292. The zero-order valence-corrected chi connectivity index (χ0v) is 12.8. The van der Waals surface area contributed by atoms with Crippen molar-refractivity contribution in [2.24, 2.45) is 0 Å². The van der Waals surface area contributed by atoms with Crippen LogP contribution in [0.5, 0.6) is 0 Å². The van der Waals surface area contributed by atoms with Gasteiger partial charge in [0.25, 0.3) is 0 Å². The van der Waals surface area contributed by atoms with Gasteiger partial charge in [0.15, 0.2) is 0 Å². The maximum absolute atomic E-state index is 12.5. The number of rotatable bonds is 2. The maximum Gasteiger partial charge on any atom is 0.322 e. The van der Waals surface area contributed by atoms with Crippen molar-refractivity contribution in [2.75, 3.05) is 11.4 Å². The number of urea groups is 1. The summed E-state index contributed by atoms with van der Waals surface area (Å²) >= 11 is 1.83. The normalized spacial score (nSPS) is 17.2. The summed E-state index contributed by atoms with van der Waals surface area (Å²) in [6.07, 6.45) is 0. The van der Waals surface area contributed by atoms with Crippen LogP contribution in [-0.4, -0.2) is 17.8 Å². The van der Waals surface area contributed by atoms with Gasteiger partial charge in [-0.15, -0.1) is 11.8 Å². The van der Waals surface area contributed by atoms with Crippen LogP contribution >= 0.6 is 11.8 Å². The van der Waals surface area contributed by atoms with Gasteiger partial charge in [-0.3, -0.25) is 4.90 Å². The van der Waals surface area contributed by atoms with Gasteiger partial charge >= 0.3 is 6.03 Å². The van der Waals surface area contributed by atoms with E-state index in [1.54, 1.807) is 0 Å². The largest absolute Gasteiger partial charge is 0.334 e. The van der Waals surface area contributed by atoms with Crippen molar-refractivity contribution < 1.29 is 4.79 Å². The summed E-state index contributed by atoms with van der Waals surface area (Å²) in [6, 6.07) is 18.0. The second kappa shape index (κ2) is 6.22. The fraction of sp³-hybridized carbons (Fsp3) is 0.235. The number of carbonyl (C=O) groups excluding carboxylic acids is 1. The van der Waals surface area contributed by atoms with E-state index in [1.165, 1.54) is 4.90 Å². The van der Waals surface area contributed by atoms with E-state index in [1.807, 2.05) is 65.2 Å². The van der Waals surface area contributed by atoms with E-state index in [-0.39, 0.29) is 6.03 Å². The molecule has 2 aromatic carbocycles. The molecule has 0 saturated carbocycles. The molecule has 0 radical (unpaired) electrons. The molecule has 2 amide bonds. The molecule has 0 unspecified atom stereocenters. The number of nitrogens with zero attached hydrogens (tertiary/aromatic N) is 1. The SMILES string of the molecule is C[C@@H]1CN(C(=O)NCc2ccccc2)c2ccccc2S1. The number of para-hydroxylation sites is 1. The molecule has 0 fully saturated rings. The Labute approximate surface area is 129 Å². The number of thioether (sulfide) groups is 1. The molecule has 0 bridgehead atoms. The third kappa shape index (κ3) is 3.22. The minimum Gasteiger partial charge on any atom is -0.334 e. The minimum atomic E-state index is -0.0292. The van der Waals surface area contributed by atoms with Crippen molar-refractivity contribution in [3.05, 3.63) is 60.2 Å². The molecule has 3 nitrogen and oxygen atoms in total. The molecule has 0 aliphatic carbocycles. The third-order valence-electron chi connectivity index (χ3n) is 3.46. The van der Waals surface area contributed by atoms with Crippen LogP contribution in [0.25, 0.3) is 0 Å². The summed E-state index contributed by atoms with van der Waals surface area (Å²) in [5.74, 6) is 0. The van der Waals surface area contributed by atoms with Gasteiger partial charge in [-0.05, 0) is 17.7 Å². The predicted octanol–water partition coefficient (Wildman–Crippen LogP) is 3.90. The fourth-order valence-electron chi connectivity index (χ4n) is 2.45. The highest BCUT2D eigenvalue weighted by Gasteiger charge is 2.26. The average Bonchev–Trinajstić information content (AvgIpc) is 2.52. The van der Waals surface area contributed by atoms with Crippen molar-refractivity contribution in [1.82, 2.24) is 5.32 Å². The summed E-state index contributed by atoms with van der Waals surface area (Å²) in [5, 5.41) is 3.41. The van der Waals surface area contributed by atoms with E-state index in [0.717, 1.165) is 17.8 Å². The van der Waals surface area contributed by atoms with Crippen molar-refractivity contribution in [2.45, 2.75) is 23.6 Å². The van der Waals surface area contributed by atoms with E-state index in [2.05, 4.69) is 18.3 Å². The molecule has 4 heteroatoms. The van der Waals surface area contributed by atoms with Gasteiger partial charge in [0, 0.05) is 23.2 Å². The van der Waals surface area contributed by atoms with E-state index < -0.39 is 0 Å². The second-order valence-electron chi connectivity index (χ2n) is 5.15. The lowest BCUT2D eigenvalue weighted by Crippen LogP contribution is -2.44. The molecule has 0 aromatic heterocycles. The molecule has 108 valence electrons. The van der Waals surface area contributed by atoms with Gasteiger partial charge in [0.1, 0.15) is 0 Å². The Hall–Kier alpha value is -1.94. The van der Waals surface area contributed by atoms with E-state index >= 15 is 0 Å². The van der Waals surface area contributed by atoms with Crippen molar-refractivity contribution in [3.8, 4) is 0 Å². The number of hydrogen-bond acceptors (Lipinski definition) is 2. The first-order valence-electron chi connectivity index (χ1n) is 7.09. The molecule has 2 aromatic rings. The number of nitrogens with one attached hydrogen (secondary N) is 1. The quantitative estimate of drug-likeness (QED) is 0.912. The van der Waals surface area contributed by atoms with Gasteiger partial charge < -0.3 is 5.32 Å². The molecule has 21 heavy (non-hydrogen) atoms. The van der Waals surface area contributed by atoms with Crippen LogP contribution < -0.4 is 10.2 Å². The number of hydrogen-bond donors (Lipinski definition) is 1. The van der Waals surface area contributed by atoms with Crippen LogP contribution in [-0.2, 0) is 6.54 Å². The molecule has 1 N–H and O–H groups in total. The average molecular weight is 298 g/mol. The van der Waals surface area contributed by atoms with Crippen LogP contribution in [0.3, 0.4) is 0 Å². The molecule has 3 rings (SSSR count). The first kappa shape index (κ1) is 14.0. The summed E-state index contributed by atoms with van der Waals surface area (Å²) in [5.41, 5.74) is 2.12. The van der Waals surface area contributed by atoms with E-state index in [9.17, 15) is 4.79 Å². The number of anilines is 1. The number of amides is 2. The smallest absolute Gasteiger partial charge is 0.322 e. The zero-order chi connectivity index (χ0) is 14.7. The highest BCUT2D eigenvalue weighted by atomic mass is 32.2. The monoisotopic (exact) mass is 298 g/mol. The lowest BCUT2D eigenvalue weighted by molar-refractivity contribution is 0.245. The van der Waals surface area contributed by atoms with Gasteiger partial charge in [0.05, 0.1) is 5.69 Å². The lowest BCUT2D eigenvalue weighted by atomic mass is 10.2. The van der Waals surface area contributed by atoms with Crippen molar-refractivity contribution in [3.63, 3.8) is 0 Å². The molecule has 0 spiro atoms. The Balaban J connectivity index is 1.73. The van der Waals surface area contributed by atoms with Crippen LogP contribution in [0.4, 0.5) is 10.5 Å². The van der Waals surface area contributed by atoms with Crippen LogP contribution in [0.2, 0.25) is 0 Å². The lowest BCUT2D eigenvalue weighted by Gasteiger charge is -2.32. The summed E-state index contributed by atoms with van der Waals surface area (Å²) in [6.45, 7) is 3.44. The molecule has 1 atom stereocenters. The fourth-order valence-corrected chi connectivity index (χ4v) is 3.56. The second-order valence-corrected chi connectivity index (χ2v) is 6.63. The standard InChI is InChI=1S/C17H18N2OS/c1-13-12-19(15-9-5-6-10-16(15)21-13)17(20)18-11-14-7-3-2-4-8-14/h2-10,13H,11-12H2,1H3,(H,18,20)/t13-/m1/s1. The number of benzene rings is 2. The van der Waals surface area contributed by atoms with Gasteiger partial charge in [0.2, 0.25) is 0 Å². The third-order valence-corrected chi connectivity index (χ3v) is 4.61. The first-order chi connectivity index (χ1) is 10.2. The molecule has 0 saturated heterocycles. The Kier molecular flexibility index (Phi) is 4.15. The Morgan fingerprint density at radius 3 is 2.71 bits per heavy atom. The Bertz CT molecular complexity index is 630. The van der Waals surface area contributed by atoms with Gasteiger partial charge in [-0.25, -0.2) is 4.79 Å². The Morgan fingerprint density at radius 2 is 1.90 bits per heavy atom. The zero-order valence-electron chi connectivity index (χ0n) is 12.0. The van der Waals surface area contributed by atoms with Crippen LogP contribution in [0, 0.1) is 0 Å². The maximum atomic E-state index is 12.5. The molecular formula is C17H18N2OS. The van der Waals surface area contributed by atoms with Crippen molar-refractivity contribution >= 4 is 23.5 Å². The highest BCUT2D eigenvalue weighted by molar-refractivity contribution is 8.00. The van der Waals surface area contributed by atoms with Gasteiger partial charge in [-0.2, -0.15) is 0 Å². The van der Waals surface area contributed by atoms with Crippen LogP contribution in [0.15, 0.2) is 59.5 Å². The molecular weight excluding hydrogens is 280 g/mol. The number of fused-ring (bicyclic) bond motifs is 1. The first-order valence-corrected chi connectivity index (χ1v) is 7.97. The molecule has 1 heterocycles.